The maximum atomic E-state index is 12.2. The average Bonchev–Trinajstić information content (AvgIpc) is 2.98. The fraction of sp³-hybridized carbons (Fsp3) is 0.353. The number of hydrogen-bond donors (Lipinski definition) is 2. The number of hydrogen-bond acceptors (Lipinski definition) is 7. The average molecular weight is 410 g/mol. The van der Waals surface area contributed by atoms with Crippen LogP contribution < -0.4 is 10.6 Å². The molecule has 2 N–H and O–H groups in total. The molecule has 0 unspecified atom stereocenters. The molecule has 2 rings (SSSR count). The first kappa shape index (κ1) is 21.3. The lowest BCUT2D eigenvalue weighted by Crippen LogP contribution is -2.42. The number of methoxy groups -OCH3 is 1. The molecule has 0 saturated carbocycles. The molecule has 28 heavy (non-hydrogen) atoms. The fourth-order valence-electron chi connectivity index (χ4n) is 2.23. The molecular weight excluding hydrogens is 390 g/mol. The number of nitrogens with one attached hydrogen (secondary N) is 2. The third-order valence-electron chi connectivity index (χ3n) is 3.43. The molecule has 0 aliphatic heterocycles. The third kappa shape index (κ3) is 5.76. The van der Waals surface area contributed by atoms with Crippen molar-refractivity contribution in [3.05, 3.63) is 40.3 Å². The van der Waals surface area contributed by atoms with Crippen molar-refractivity contribution < 1.29 is 23.9 Å². The molecule has 0 bridgehead atoms. The van der Waals surface area contributed by atoms with Crippen LogP contribution in [0.4, 0.5) is 4.79 Å². The minimum atomic E-state index is -0.900. The number of imide groups is 1. The van der Waals surface area contributed by atoms with Gasteiger partial charge in [-0.15, -0.1) is 0 Å². The van der Waals surface area contributed by atoms with Crippen LogP contribution in [0.25, 0.3) is 5.82 Å². The van der Waals surface area contributed by atoms with Gasteiger partial charge >= 0.3 is 12.0 Å². The van der Waals surface area contributed by atoms with E-state index in [9.17, 15) is 14.4 Å². The smallest absolute Gasteiger partial charge is 0.359 e. The quantitative estimate of drug-likeness (QED) is 0.519. The van der Waals surface area contributed by atoms with E-state index in [0.717, 1.165) is 11.4 Å². The Bertz CT molecular complexity index is 883. The zero-order valence-electron chi connectivity index (χ0n) is 15.6. The number of carbonyl (C=O) groups excluding carboxylic acids is 3. The number of pyridine rings is 1. The van der Waals surface area contributed by atoms with E-state index in [-0.39, 0.29) is 17.3 Å². The largest absolute Gasteiger partial charge is 0.451 e. The van der Waals surface area contributed by atoms with E-state index in [0.29, 0.717) is 12.4 Å². The van der Waals surface area contributed by atoms with Crippen LogP contribution in [0.5, 0.6) is 0 Å². The number of halogens is 1. The van der Waals surface area contributed by atoms with Crippen LogP contribution in [0.1, 0.15) is 21.9 Å². The van der Waals surface area contributed by atoms with Gasteiger partial charge < -0.3 is 14.8 Å². The highest BCUT2D eigenvalue weighted by Crippen LogP contribution is 2.18. The number of ether oxygens (including phenoxy) is 2. The van der Waals surface area contributed by atoms with Crippen LogP contribution in [0.15, 0.2) is 18.2 Å². The Kier molecular flexibility index (Phi) is 7.47. The molecule has 10 nitrogen and oxygen atoms in total. The minimum Gasteiger partial charge on any atom is -0.451 e. The van der Waals surface area contributed by atoms with E-state index in [1.165, 1.54) is 13.2 Å². The summed E-state index contributed by atoms with van der Waals surface area (Å²) in [5, 5.41) is 8.77. The molecule has 2 heterocycles. The lowest BCUT2D eigenvalue weighted by molar-refractivity contribution is -0.123. The maximum absolute atomic E-state index is 12.2. The zero-order chi connectivity index (χ0) is 20.7. The van der Waals surface area contributed by atoms with E-state index in [1.807, 2.05) is 25.2 Å². The van der Waals surface area contributed by atoms with Gasteiger partial charge in [-0.3, -0.25) is 10.1 Å². The second kappa shape index (κ2) is 9.81. The summed E-state index contributed by atoms with van der Waals surface area (Å²) in [7, 11) is 1.48. The Labute approximate surface area is 166 Å². The lowest BCUT2D eigenvalue weighted by atomic mass is 10.3. The Morgan fingerprint density at radius 2 is 2.00 bits per heavy atom. The molecule has 0 spiro atoms. The van der Waals surface area contributed by atoms with Gasteiger partial charge in [-0.1, -0.05) is 11.6 Å². The number of aromatic nitrogens is 3. The highest BCUT2D eigenvalue weighted by Gasteiger charge is 2.18. The molecule has 3 amide bonds. The van der Waals surface area contributed by atoms with Crippen molar-refractivity contribution in [1.29, 1.82) is 0 Å². The van der Waals surface area contributed by atoms with Gasteiger partial charge in [0.1, 0.15) is 0 Å². The summed E-state index contributed by atoms with van der Waals surface area (Å²) in [5.41, 5.74) is 1.45. The van der Waals surface area contributed by atoms with Crippen molar-refractivity contribution in [2.75, 3.05) is 26.9 Å². The number of urea groups is 1. The maximum Gasteiger partial charge on any atom is 0.359 e. The standard InChI is InChI=1S/C17H20ClN5O5/c1-10-8-11(2)23(22-10)13-5-4-12(18)15(20-13)16(25)28-9-14(24)21-17(26)19-6-7-27-3/h4-5,8H,6-7,9H2,1-3H3,(H2,19,21,24,26). The first-order chi connectivity index (χ1) is 13.3. The van der Waals surface area contributed by atoms with E-state index in [4.69, 9.17) is 21.1 Å². The number of amides is 3. The molecular formula is C17H20ClN5O5. The molecule has 0 fully saturated rings. The molecule has 150 valence electrons. The summed E-state index contributed by atoms with van der Waals surface area (Å²) in [5.74, 6) is -1.32. The molecule has 0 radical (unpaired) electrons. The normalized spacial score (nSPS) is 10.4. The van der Waals surface area contributed by atoms with Crippen LogP contribution in [-0.4, -0.2) is 59.5 Å². The van der Waals surface area contributed by atoms with E-state index >= 15 is 0 Å². The number of nitrogens with zero attached hydrogens (tertiary/aromatic N) is 3. The van der Waals surface area contributed by atoms with Crippen molar-refractivity contribution in [2.24, 2.45) is 0 Å². The van der Waals surface area contributed by atoms with Gasteiger partial charge in [-0.05, 0) is 32.0 Å². The van der Waals surface area contributed by atoms with E-state index < -0.39 is 24.5 Å². The Morgan fingerprint density at radius 3 is 2.64 bits per heavy atom. The molecule has 11 heteroatoms. The van der Waals surface area contributed by atoms with Crippen LogP contribution in [0, 0.1) is 13.8 Å². The second-order valence-electron chi connectivity index (χ2n) is 5.71. The number of aryl methyl sites for hydroxylation is 2. The molecule has 0 atom stereocenters. The van der Waals surface area contributed by atoms with Crippen LogP contribution in [0.2, 0.25) is 5.02 Å². The minimum absolute atomic E-state index is 0.0630. The fourth-order valence-corrected chi connectivity index (χ4v) is 2.41. The van der Waals surface area contributed by atoms with Crippen molar-refractivity contribution in [3.63, 3.8) is 0 Å². The van der Waals surface area contributed by atoms with Crippen LogP contribution >= 0.6 is 11.6 Å². The molecule has 2 aromatic rings. The summed E-state index contributed by atoms with van der Waals surface area (Å²) in [6.45, 7) is 3.54. The van der Waals surface area contributed by atoms with Gasteiger partial charge in [0.2, 0.25) is 0 Å². The monoisotopic (exact) mass is 409 g/mol. The van der Waals surface area contributed by atoms with Gasteiger partial charge in [-0.25, -0.2) is 19.3 Å². The lowest BCUT2D eigenvalue weighted by Gasteiger charge is -2.09. The van der Waals surface area contributed by atoms with Gasteiger partial charge in [0.25, 0.3) is 5.91 Å². The summed E-state index contributed by atoms with van der Waals surface area (Å²) in [6.07, 6.45) is 0. The van der Waals surface area contributed by atoms with Crippen LogP contribution in [0.3, 0.4) is 0 Å². The topological polar surface area (TPSA) is 124 Å². The Hall–Kier alpha value is -2.98. The van der Waals surface area contributed by atoms with Crippen molar-refractivity contribution in [1.82, 2.24) is 25.4 Å². The zero-order valence-corrected chi connectivity index (χ0v) is 16.4. The summed E-state index contributed by atoms with van der Waals surface area (Å²) >= 11 is 6.02. The molecule has 0 aromatic carbocycles. The third-order valence-corrected chi connectivity index (χ3v) is 3.74. The molecule has 0 aliphatic rings. The highest BCUT2D eigenvalue weighted by atomic mass is 35.5. The van der Waals surface area contributed by atoms with Gasteiger partial charge in [0.15, 0.2) is 18.1 Å². The van der Waals surface area contributed by atoms with Crippen LogP contribution in [-0.2, 0) is 14.3 Å². The molecule has 0 aliphatic carbocycles. The number of carbonyl (C=O) groups is 3. The Balaban J connectivity index is 1.98. The predicted octanol–water partition coefficient (Wildman–Crippen LogP) is 1.17. The van der Waals surface area contributed by atoms with Crippen molar-refractivity contribution >= 4 is 29.5 Å². The van der Waals surface area contributed by atoms with Gasteiger partial charge in [-0.2, -0.15) is 5.10 Å². The Morgan fingerprint density at radius 1 is 1.25 bits per heavy atom. The molecule has 2 aromatic heterocycles. The number of rotatable bonds is 7. The summed E-state index contributed by atoms with van der Waals surface area (Å²) in [6, 6.07) is 4.23. The summed E-state index contributed by atoms with van der Waals surface area (Å²) < 4.78 is 11.2. The first-order valence-electron chi connectivity index (χ1n) is 8.25. The highest BCUT2D eigenvalue weighted by molar-refractivity contribution is 6.33. The SMILES string of the molecule is COCCNC(=O)NC(=O)COC(=O)c1nc(-n2nc(C)cc2C)ccc1Cl. The summed E-state index contributed by atoms with van der Waals surface area (Å²) in [4.78, 5) is 39.6. The van der Waals surface area contributed by atoms with Gasteiger partial charge in [0.05, 0.1) is 17.3 Å². The van der Waals surface area contributed by atoms with Crippen molar-refractivity contribution in [3.8, 4) is 5.82 Å². The van der Waals surface area contributed by atoms with E-state index in [2.05, 4.69) is 15.4 Å². The molecule has 0 saturated heterocycles. The predicted molar refractivity (Wildman–Crippen MR) is 99.5 cm³/mol. The van der Waals surface area contributed by atoms with Crippen molar-refractivity contribution in [2.45, 2.75) is 13.8 Å². The van der Waals surface area contributed by atoms with Gasteiger partial charge in [0, 0.05) is 19.3 Å². The first-order valence-corrected chi connectivity index (χ1v) is 8.63. The second-order valence-corrected chi connectivity index (χ2v) is 6.12. The van der Waals surface area contributed by atoms with E-state index in [1.54, 1.807) is 10.7 Å². The number of esters is 1.